The fourth-order valence-corrected chi connectivity index (χ4v) is 1.91. The van der Waals surface area contributed by atoms with E-state index in [0.29, 0.717) is 0 Å². The van der Waals surface area contributed by atoms with Crippen molar-refractivity contribution in [2.75, 3.05) is 20.1 Å². The highest BCUT2D eigenvalue weighted by Gasteiger charge is 2.21. The van der Waals surface area contributed by atoms with Crippen LogP contribution in [-0.2, 0) is 0 Å². The molecule has 118 valence electrons. The van der Waals surface area contributed by atoms with Crippen LogP contribution in [0.4, 0.5) is 0 Å². The van der Waals surface area contributed by atoms with Gasteiger partial charge in [-0.2, -0.15) is 0 Å². The third-order valence-corrected chi connectivity index (χ3v) is 3.39. The van der Waals surface area contributed by atoms with Gasteiger partial charge in [0.1, 0.15) is 11.9 Å². The molecular formula is C16H26IN3O. The summed E-state index contributed by atoms with van der Waals surface area (Å²) in [6, 6.07) is 8.13. The maximum absolute atomic E-state index is 5.86. The van der Waals surface area contributed by atoms with Crippen molar-refractivity contribution in [3.63, 3.8) is 0 Å². The summed E-state index contributed by atoms with van der Waals surface area (Å²) in [4.78, 5) is 4.22. The van der Waals surface area contributed by atoms with Crippen molar-refractivity contribution in [3.8, 4) is 5.75 Å². The molecule has 4 nitrogen and oxygen atoms in total. The normalized spacial score (nSPS) is 15.9. The minimum atomic E-state index is 0. The Morgan fingerprint density at radius 1 is 1.29 bits per heavy atom. The first-order valence-electron chi connectivity index (χ1n) is 7.35. The molecule has 1 aliphatic rings. The summed E-state index contributed by atoms with van der Waals surface area (Å²) in [6.07, 6.45) is 2.78. The second kappa shape index (κ2) is 9.12. The molecule has 2 rings (SSSR count). The van der Waals surface area contributed by atoms with Crippen molar-refractivity contribution in [3.05, 3.63) is 29.8 Å². The lowest BCUT2D eigenvalue weighted by atomic mass is 10.2. The average Bonchev–Trinajstić information content (AvgIpc) is 3.26. The van der Waals surface area contributed by atoms with Crippen LogP contribution in [-0.4, -0.2) is 32.2 Å². The van der Waals surface area contributed by atoms with Crippen molar-refractivity contribution in [1.82, 2.24) is 10.6 Å². The SMILES string of the molecule is CN=C(NCC1CC1)NCC(C)Oc1ccc(C)cc1.I. The Kier molecular flexibility index (Phi) is 7.85. The maximum Gasteiger partial charge on any atom is 0.191 e. The number of hydrogen-bond acceptors (Lipinski definition) is 2. The van der Waals surface area contributed by atoms with E-state index in [4.69, 9.17) is 4.74 Å². The molecule has 1 saturated carbocycles. The van der Waals surface area contributed by atoms with E-state index in [9.17, 15) is 0 Å². The quantitative estimate of drug-likeness (QED) is 0.436. The summed E-state index contributed by atoms with van der Waals surface area (Å²) in [5.74, 6) is 2.61. The van der Waals surface area contributed by atoms with E-state index in [1.807, 2.05) is 12.1 Å². The van der Waals surface area contributed by atoms with Crippen LogP contribution in [0.3, 0.4) is 0 Å². The first kappa shape index (κ1) is 18.1. The van der Waals surface area contributed by atoms with Crippen LogP contribution >= 0.6 is 24.0 Å². The highest BCUT2D eigenvalue weighted by molar-refractivity contribution is 14.0. The summed E-state index contributed by atoms with van der Waals surface area (Å²) in [5.41, 5.74) is 1.24. The van der Waals surface area contributed by atoms with E-state index in [0.717, 1.165) is 30.7 Å². The number of rotatable bonds is 6. The first-order valence-corrected chi connectivity index (χ1v) is 7.35. The molecule has 1 fully saturated rings. The van der Waals surface area contributed by atoms with E-state index in [1.54, 1.807) is 7.05 Å². The number of aliphatic imine (C=N–C) groups is 1. The number of halogens is 1. The zero-order chi connectivity index (χ0) is 14.4. The fraction of sp³-hybridized carbons (Fsp3) is 0.562. The summed E-state index contributed by atoms with van der Waals surface area (Å²) >= 11 is 0. The van der Waals surface area contributed by atoms with Crippen LogP contribution < -0.4 is 15.4 Å². The van der Waals surface area contributed by atoms with Crippen LogP contribution in [0.2, 0.25) is 0 Å². The largest absolute Gasteiger partial charge is 0.489 e. The van der Waals surface area contributed by atoms with E-state index in [-0.39, 0.29) is 30.1 Å². The molecule has 0 amide bonds. The lowest BCUT2D eigenvalue weighted by Crippen LogP contribution is -2.42. The molecule has 0 radical (unpaired) electrons. The van der Waals surface area contributed by atoms with Crippen molar-refractivity contribution < 1.29 is 4.74 Å². The molecule has 0 spiro atoms. The summed E-state index contributed by atoms with van der Waals surface area (Å²) in [6.45, 7) is 5.89. The molecule has 0 heterocycles. The predicted molar refractivity (Wildman–Crippen MR) is 98.8 cm³/mol. The summed E-state index contributed by atoms with van der Waals surface area (Å²) < 4.78 is 5.86. The van der Waals surface area contributed by atoms with Gasteiger partial charge in [-0.1, -0.05) is 17.7 Å². The smallest absolute Gasteiger partial charge is 0.191 e. The van der Waals surface area contributed by atoms with Gasteiger partial charge in [-0.3, -0.25) is 4.99 Å². The zero-order valence-electron chi connectivity index (χ0n) is 13.1. The predicted octanol–water partition coefficient (Wildman–Crippen LogP) is 2.96. The Hall–Kier alpha value is -0.980. The van der Waals surface area contributed by atoms with E-state index < -0.39 is 0 Å². The number of benzene rings is 1. The Bertz CT molecular complexity index is 443. The second-order valence-electron chi connectivity index (χ2n) is 5.52. The summed E-state index contributed by atoms with van der Waals surface area (Å²) in [7, 11) is 1.80. The molecule has 0 saturated heterocycles. The molecule has 0 aromatic heterocycles. The Morgan fingerprint density at radius 2 is 1.95 bits per heavy atom. The standard InChI is InChI=1S/C16H25N3O.HI/c1-12-4-8-15(9-5-12)20-13(2)10-18-16(17-3)19-11-14-6-7-14;/h4-5,8-9,13-14H,6-7,10-11H2,1-3H3,(H2,17,18,19);1H. The van der Waals surface area contributed by atoms with Gasteiger partial charge in [0, 0.05) is 13.6 Å². The second-order valence-corrected chi connectivity index (χ2v) is 5.52. The zero-order valence-corrected chi connectivity index (χ0v) is 15.4. The van der Waals surface area contributed by atoms with E-state index in [1.165, 1.54) is 18.4 Å². The van der Waals surface area contributed by atoms with E-state index >= 15 is 0 Å². The maximum atomic E-state index is 5.86. The van der Waals surface area contributed by atoms with Crippen LogP contribution in [0.25, 0.3) is 0 Å². The molecule has 1 aromatic carbocycles. The third-order valence-electron chi connectivity index (χ3n) is 3.39. The molecule has 5 heteroatoms. The van der Waals surface area contributed by atoms with Gasteiger partial charge in [-0.25, -0.2) is 0 Å². The van der Waals surface area contributed by atoms with Gasteiger partial charge in [0.05, 0.1) is 6.54 Å². The number of ether oxygens (including phenoxy) is 1. The molecule has 1 aromatic rings. The number of aryl methyl sites for hydroxylation is 1. The van der Waals surface area contributed by atoms with Crippen molar-refractivity contribution in [1.29, 1.82) is 0 Å². The Labute approximate surface area is 144 Å². The fourth-order valence-electron chi connectivity index (χ4n) is 1.91. The minimum absolute atomic E-state index is 0. The Balaban J connectivity index is 0.00000220. The van der Waals surface area contributed by atoms with Gasteiger partial charge >= 0.3 is 0 Å². The first-order chi connectivity index (χ1) is 9.67. The number of nitrogens with one attached hydrogen (secondary N) is 2. The van der Waals surface area contributed by atoms with Crippen LogP contribution in [0.15, 0.2) is 29.3 Å². The van der Waals surface area contributed by atoms with Crippen molar-refractivity contribution >= 4 is 29.9 Å². The Morgan fingerprint density at radius 3 is 2.52 bits per heavy atom. The van der Waals surface area contributed by atoms with Gasteiger partial charge < -0.3 is 15.4 Å². The highest BCUT2D eigenvalue weighted by atomic mass is 127. The average molecular weight is 403 g/mol. The molecule has 21 heavy (non-hydrogen) atoms. The van der Waals surface area contributed by atoms with Gasteiger partial charge in [-0.05, 0) is 44.7 Å². The number of guanidine groups is 1. The molecule has 2 N–H and O–H groups in total. The number of hydrogen-bond donors (Lipinski definition) is 2. The lowest BCUT2D eigenvalue weighted by molar-refractivity contribution is 0.224. The molecule has 0 bridgehead atoms. The molecule has 0 aliphatic heterocycles. The van der Waals surface area contributed by atoms with Crippen molar-refractivity contribution in [2.45, 2.75) is 32.8 Å². The van der Waals surface area contributed by atoms with Gasteiger partial charge in [0.25, 0.3) is 0 Å². The van der Waals surface area contributed by atoms with Gasteiger partial charge in [0.15, 0.2) is 5.96 Å². The minimum Gasteiger partial charge on any atom is -0.489 e. The lowest BCUT2D eigenvalue weighted by Gasteiger charge is -2.17. The summed E-state index contributed by atoms with van der Waals surface area (Å²) in [5, 5.41) is 6.64. The highest BCUT2D eigenvalue weighted by Crippen LogP contribution is 2.27. The van der Waals surface area contributed by atoms with Crippen LogP contribution in [0.5, 0.6) is 5.75 Å². The molecule has 1 aliphatic carbocycles. The molecule has 1 atom stereocenters. The number of nitrogens with zero attached hydrogens (tertiary/aromatic N) is 1. The van der Waals surface area contributed by atoms with Gasteiger partial charge in [0.2, 0.25) is 0 Å². The monoisotopic (exact) mass is 403 g/mol. The molecule has 1 unspecified atom stereocenters. The van der Waals surface area contributed by atoms with Crippen LogP contribution in [0, 0.1) is 12.8 Å². The van der Waals surface area contributed by atoms with Crippen molar-refractivity contribution in [2.24, 2.45) is 10.9 Å². The van der Waals surface area contributed by atoms with E-state index in [2.05, 4.69) is 41.6 Å². The van der Waals surface area contributed by atoms with Crippen LogP contribution in [0.1, 0.15) is 25.3 Å². The molecular weight excluding hydrogens is 377 g/mol. The topological polar surface area (TPSA) is 45.7 Å². The van der Waals surface area contributed by atoms with Gasteiger partial charge in [-0.15, -0.1) is 24.0 Å². The third kappa shape index (κ3) is 7.02.